The standard InChI is InChI=1S/C12H17N5O3S2/c1-17(2)22(18,19)10-5-3-9(4-6-10)20-7-8-21-12-14-11(13)15-16-12/h3-6H,7-8H2,1-2H3,(H3,13,14,15,16). The highest BCUT2D eigenvalue weighted by Gasteiger charge is 2.16. The van der Waals surface area contributed by atoms with Gasteiger partial charge in [-0.15, -0.1) is 5.10 Å². The van der Waals surface area contributed by atoms with Crippen LogP contribution in [-0.4, -0.2) is 54.4 Å². The molecule has 0 atom stereocenters. The Bertz CT molecular complexity index is 713. The summed E-state index contributed by atoms with van der Waals surface area (Å²) in [5, 5.41) is 7.00. The molecule has 0 aliphatic heterocycles. The second-order valence-electron chi connectivity index (χ2n) is 4.46. The van der Waals surface area contributed by atoms with Crippen LogP contribution in [0.3, 0.4) is 0 Å². The van der Waals surface area contributed by atoms with Crippen molar-refractivity contribution in [1.82, 2.24) is 19.5 Å². The molecule has 0 aliphatic rings. The quantitative estimate of drug-likeness (QED) is 0.565. The Labute approximate surface area is 133 Å². The fraction of sp³-hybridized carbons (Fsp3) is 0.333. The Morgan fingerprint density at radius 1 is 1.32 bits per heavy atom. The second-order valence-corrected chi connectivity index (χ2v) is 7.67. The van der Waals surface area contributed by atoms with Crippen LogP contribution in [0, 0.1) is 0 Å². The summed E-state index contributed by atoms with van der Waals surface area (Å²) in [6.45, 7) is 0.443. The predicted molar refractivity (Wildman–Crippen MR) is 84.3 cm³/mol. The third kappa shape index (κ3) is 4.12. The summed E-state index contributed by atoms with van der Waals surface area (Å²) in [5.74, 6) is 1.53. The largest absolute Gasteiger partial charge is 0.493 e. The number of nitrogens with two attached hydrogens (primary N) is 1. The van der Waals surface area contributed by atoms with Crippen LogP contribution in [0.2, 0.25) is 0 Å². The van der Waals surface area contributed by atoms with Gasteiger partial charge in [0.15, 0.2) is 0 Å². The Morgan fingerprint density at radius 3 is 2.55 bits per heavy atom. The van der Waals surface area contributed by atoms with Gasteiger partial charge in [-0.2, -0.15) is 4.98 Å². The zero-order valence-electron chi connectivity index (χ0n) is 12.2. The van der Waals surface area contributed by atoms with Crippen molar-refractivity contribution in [2.45, 2.75) is 10.1 Å². The van der Waals surface area contributed by atoms with Crippen molar-refractivity contribution in [3.8, 4) is 5.75 Å². The molecule has 2 rings (SSSR count). The van der Waals surface area contributed by atoms with Crippen LogP contribution < -0.4 is 10.5 Å². The van der Waals surface area contributed by atoms with E-state index in [0.29, 0.717) is 23.3 Å². The number of H-pyrrole nitrogens is 1. The normalized spacial score (nSPS) is 11.8. The molecule has 0 saturated heterocycles. The second kappa shape index (κ2) is 6.99. The van der Waals surface area contributed by atoms with Crippen molar-refractivity contribution in [3.05, 3.63) is 24.3 Å². The van der Waals surface area contributed by atoms with Crippen molar-refractivity contribution in [2.24, 2.45) is 0 Å². The van der Waals surface area contributed by atoms with Crippen LogP contribution in [0.5, 0.6) is 5.75 Å². The number of hydrogen-bond donors (Lipinski definition) is 2. The van der Waals surface area contributed by atoms with Crippen molar-refractivity contribution in [2.75, 3.05) is 32.2 Å². The van der Waals surface area contributed by atoms with Crippen LogP contribution in [0.1, 0.15) is 0 Å². The van der Waals surface area contributed by atoms with Gasteiger partial charge in [0, 0.05) is 19.8 Å². The van der Waals surface area contributed by atoms with Gasteiger partial charge in [0.2, 0.25) is 21.1 Å². The molecule has 120 valence electrons. The van der Waals surface area contributed by atoms with E-state index in [0.717, 1.165) is 0 Å². The summed E-state index contributed by atoms with van der Waals surface area (Å²) in [5.41, 5.74) is 5.42. The lowest BCUT2D eigenvalue weighted by Gasteiger charge is -2.12. The van der Waals surface area contributed by atoms with E-state index in [-0.39, 0.29) is 10.8 Å². The molecule has 0 aliphatic carbocycles. The highest BCUT2D eigenvalue weighted by molar-refractivity contribution is 7.99. The number of nitrogens with zero attached hydrogens (tertiary/aromatic N) is 3. The van der Waals surface area contributed by atoms with E-state index in [4.69, 9.17) is 10.5 Å². The number of ether oxygens (including phenoxy) is 1. The molecule has 1 aromatic heterocycles. The number of benzene rings is 1. The SMILES string of the molecule is CN(C)S(=O)(=O)c1ccc(OCCSc2n[nH]c(N)n2)cc1. The number of thioether (sulfide) groups is 1. The van der Waals surface area contributed by atoms with Gasteiger partial charge >= 0.3 is 0 Å². The number of hydrogen-bond acceptors (Lipinski definition) is 7. The minimum absolute atomic E-state index is 0.232. The Morgan fingerprint density at radius 2 is 2.00 bits per heavy atom. The first-order valence-corrected chi connectivity index (χ1v) is 8.78. The molecule has 0 fully saturated rings. The third-order valence-electron chi connectivity index (χ3n) is 2.67. The average molecular weight is 343 g/mol. The van der Waals surface area contributed by atoms with Crippen molar-refractivity contribution in [3.63, 3.8) is 0 Å². The van der Waals surface area contributed by atoms with Gasteiger partial charge in [-0.05, 0) is 24.3 Å². The molecule has 1 aromatic carbocycles. The highest BCUT2D eigenvalue weighted by atomic mass is 32.2. The number of nitrogens with one attached hydrogen (secondary N) is 1. The fourth-order valence-corrected chi connectivity index (χ4v) is 3.06. The van der Waals surface area contributed by atoms with Crippen molar-refractivity contribution in [1.29, 1.82) is 0 Å². The van der Waals surface area contributed by atoms with E-state index in [1.165, 1.54) is 42.3 Å². The molecular weight excluding hydrogens is 326 g/mol. The topological polar surface area (TPSA) is 114 Å². The zero-order valence-corrected chi connectivity index (χ0v) is 13.8. The van der Waals surface area contributed by atoms with Crippen LogP contribution in [0.4, 0.5) is 5.95 Å². The van der Waals surface area contributed by atoms with Gasteiger partial charge in [0.05, 0.1) is 11.5 Å². The Balaban J connectivity index is 1.84. The molecule has 0 bridgehead atoms. The van der Waals surface area contributed by atoms with Crippen molar-refractivity contribution >= 4 is 27.7 Å². The number of anilines is 1. The van der Waals surface area contributed by atoms with Gasteiger partial charge in [-0.1, -0.05) is 11.8 Å². The maximum Gasteiger partial charge on any atom is 0.242 e. The molecule has 10 heteroatoms. The minimum atomic E-state index is -3.41. The Kier molecular flexibility index (Phi) is 5.27. The number of rotatable bonds is 7. The summed E-state index contributed by atoms with van der Waals surface area (Å²) >= 11 is 1.41. The van der Waals surface area contributed by atoms with E-state index in [2.05, 4.69) is 15.2 Å². The molecule has 2 aromatic rings. The van der Waals surface area contributed by atoms with E-state index in [1.54, 1.807) is 12.1 Å². The summed E-state index contributed by atoms with van der Waals surface area (Å²) in [6.07, 6.45) is 0. The summed E-state index contributed by atoms with van der Waals surface area (Å²) in [6, 6.07) is 6.30. The molecule has 3 N–H and O–H groups in total. The first kappa shape index (κ1) is 16.6. The smallest absolute Gasteiger partial charge is 0.242 e. The summed E-state index contributed by atoms with van der Waals surface area (Å²) in [4.78, 5) is 4.19. The number of aromatic amines is 1. The van der Waals surface area contributed by atoms with Crippen LogP contribution >= 0.6 is 11.8 Å². The number of sulfonamides is 1. The highest BCUT2D eigenvalue weighted by Crippen LogP contribution is 2.19. The lowest BCUT2D eigenvalue weighted by molar-refractivity contribution is 0.343. The summed E-state index contributed by atoms with van der Waals surface area (Å²) < 4.78 is 30.5. The monoisotopic (exact) mass is 343 g/mol. The van der Waals surface area contributed by atoms with Gasteiger partial charge in [-0.25, -0.2) is 17.8 Å². The van der Waals surface area contributed by atoms with Gasteiger partial charge < -0.3 is 10.5 Å². The molecule has 0 amide bonds. The van der Waals surface area contributed by atoms with Crippen LogP contribution in [0.15, 0.2) is 34.3 Å². The molecule has 0 radical (unpaired) electrons. The van der Waals surface area contributed by atoms with Gasteiger partial charge in [0.1, 0.15) is 5.75 Å². The molecule has 0 unspecified atom stereocenters. The lowest BCUT2D eigenvalue weighted by atomic mass is 10.3. The molecule has 8 nitrogen and oxygen atoms in total. The van der Waals surface area contributed by atoms with E-state index in [1.807, 2.05) is 0 Å². The third-order valence-corrected chi connectivity index (χ3v) is 5.31. The number of nitrogen functional groups attached to an aromatic ring is 1. The van der Waals surface area contributed by atoms with Crippen LogP contribution in [0.25, 0.3) is 0 Å². The first-order valence-electron chi connectivity index (χ1n) is 6.35. The molecule has 0 saturated carbocycles. The van der Waals surface area contributed by atoms with E-state index >= 15 is 0 Å². The predicted octanol–water partition coefficient (Wildman–Crippen LogP) is 0.808. The minimum Gasteiger partial charge on any atom is -0.493 e. The van der Waals surface area contributed by atoms with E-state index in [9.17, 15) is 8.42 Å². The van der Waals surface area contributed by atoms with E-state index < -0.39 is 10.0 Å². The molecular formula is C12H17N5O3S2. The fourth-order valence-electron chi connectivity index (χ4n) is 1.53. The lowest BCUT2D eigenvalue weighted by Crippen LogP contribution is -2.22. The van der Waals surface area contributed by atoms with Gasteiger partial charge in [0.25, 0.3) is 0 Å². The summed E-state index contributed by atoms with van der Waals surface area (Å²) in [7, 11) is -0.425. The molecule has 22 heavy (non-hydrogen) atoms. The van der Waals surface area contributed by atoms with Crippen LogP contribution in [-0.2, 0) is 10.0 Å². The maximum atomic E-state index is 11.9. The first-order chi connectivity index (χ1) is 10.4. The average Bonchev–Trinajstić information content (AvgIpc) is 2.89. The Hall–Kier alpha value is -1.78. The molecule has 0 spiro atoms. The molecule has 1 heterocycles. The van der Waals surface area contributed by atoms with Gasteiger partial charge in [-0.3, -0.25) is 0 Å². The van der Waals surface area contributed by atoms with Crippen molar-refractivity contribution < 1.29 is 13.2 Å². The number of aromatic nitrogens is 3. The zero-order chi connectivity index (χ0) is 16.2. The maximum absolute atomic E-state index is 11.9.